The molecule has 0 fully saturated rings. The largest absolute Gasteiger partial charge is 2.00 e. The van der Waals surface area contributed by atoms with Gasteiger partial charge in [-0.1, -0.05) is 0 Å². The molecule has 126 valence electrons. The van der Waals surface area contributed by atoms with Gasteiger partial charge in [0.2, 0.25) is 0 Å². The van der Waals surface area contributed by atoms with Crippen molar-refractivity contribution in [3.63, 3.8) is 0 Å². The maximum absolute atomic E-state index is 9.31. The first kappa shape index (κ1) is 32.7. The van der Waals surface area contributed by atoms with Crippen molar-refractivity contribution in [1.82, 2.24) is 0 Å². The summed E-state index contributed by atoms with van der Waals surface area (Å²) in [6.07, 6.45) is 2.86. The topological polar surface area (TPSA) is 93.1 Å². The van der Waals surface area contributed by atoms with E-state index < -0.39 is 0 Å². The first-order chi connectivity index (χ1) is 9.29. The summed E-state index contributed by atoms with van der Waals surface area (Å²) >= 11 is 0. The molecule has 0 atom stereocenters. The van der Waals surface area contributed by atoms with Crippen LogP contribution in [-0.4, -0.2) is 61.4 Å². The molecule has 6 nitrogen and oxygen atoms in total. The Bertz CT molecular complexity index is 142. The average molecular weight is 342 g/mol. The maximum atomic E-state index is 9.31. The maximum Gasteiger partial charge on any atom is 2.00 e. The van der Waals surface area contributed by atoms with Crippen LogP contribution < -0.4 is 0 Å². The van der Waals surface area contributed by atoms with Gasteiger partial charge < -0.3 is 29.3 Å². The van der Waals surface area contributed by atoms with Crippen molar-refractivity contribution in [2.75, 3.05) is 26.4 Å². The van der Waals surface area contributed by atoms with Gasteiger partial charge in [-0.15, -0.1) is 0 Å². The Balaban J connectivity index is -0.0000000544. The van der Waals surface area contributed by atoms with Crippen molar-refractivity contribution in [1.29, 1.82) is 0 Å². The molecule has 0 aliphatic carbocycles. The second kappa shape index (κ2) is 36.8. The van der Waals surface area contributed by atoms with E-state index in [1.807, 2.05) is 13.8 Å². The average Bonchev–Trinajstić information content (AvgIpc) is 2.33. The molecule has 0 spiro atoms. The molecule has 0 aromatic heterocycles. The number of ether oxygens (including phenoxy) is 2. The summed E-state index contributed by atoms with van der Waals surface area (Å²) in [6.45, 7) is 12.0. The number of aliphatic hydroxyl groups excluding tert-OH is 2. The van der Waals surface area contributed by atoms with Crippen molar-refractivity contribution >= 4 is 12.6 Å². The molecular formula is C14H30O6Ti. The third-order valence-electron chi connectivity index (χ3n) is 0.730. The SMILES string of the molecule is CC(C)O.CC(C)O.CCOC[C-]=O.CCOC[C-]=O.[Ti+2]. The monoisotopic (exact) mass is 342 g/mol. The second-order valence-electron chi connectivity index (χ2n) is 3.75. The summed E-state index contributed by atoms with van der Waals surface area (Å²) in [5, 5.41) is 16.1. The molecule has 0 saturated carbocycles. The van der Waals surface area contributed by atoms with Gasteiger partial charge in [0, 0.05) is 25.4 Å². The fourth-order valence-electron chi connectivity index (χ4n) is 0.287. The standard InChI is InChI=1S/2C4H7O2.2C3H8O.Ti/c2*1-2-6-4-3-5;2*1-3(2)4;/h2*2,4H2,1H3;2*3-4H,1-2H3;/q2*-1;;;+2. The van der Waals surface area contributed by atoms with E-state index in [4.69, 9.17) is 10.2 Å². The van der Waals surface area contributed by atoms with Gasteiger partial charge in [-0.05, 0) is 54.8 Å². The zero-order valence-electron chi connectivity index (χ0n) is 14.0. The first-order valence-corrected chi connectivity index (χ1v) is 6.51. The predicted octanol–water partition coefficient (Wildman–Crippen LogP) is 1.04. The van der Waals surface area contributed by atoms with Crippen molar-refractivity contribution in [2.45, 2.75) is 53.8 Å². The molecule has 0 aromatic carbocycles. The molecular weight excluding hydrogens is 312 g/mol. The summed E-state index contributed by atoms with van der Waals surface area (Å²) in [4.78, 5) is 18.6. The minimum absolute atomic E-state index is 0. The Kier molecular flexibility index (Phi) is 57.3. The minimum atomic E-state index is -0.167. The summed E-state index contributed by atoms with van der Waals surface area (Å²) in [6, 6.07) is 0. The second-order valence-corrected chi connectivity index (χ2v) is 3.75. The Morgan fingerprint density at radius 1 is 0.810 bits per heavy atom. The molecule has 0 bridgehead atoms. The Hall–Kier alpha value is -0.106. The smallest absolute Gasteiger partial charge is 0.540 e. The van der Waals surface area contributed by atoms with Gasteiger partial charge in [-0.25, -0.2) is 12.6 Å². The Morgan fingerprint density at radius 2 is 1.00 bits per heavy atom. The summed E-state index contributed by atoms with van der Waals surface area (Å²) in [7, 11) is 0. The Morgan fingerprint density at radius 3 is 1.05 bits per heavy atom. The van der Waals surface area contributed by atoms with E-state index in [0.29, 0.717) is 13.2 Å². The number of carbonyl (C=O) groups excluding carboxylic acids is 2. The van der Waals surface area contributed by atoms with Crippen LogP contribution >= 0.6 is 0 Å². The number of rotatable bonds is 6. The van der Waals surface area contributed by atoms with Crippen LogP contribution in [-0.2, 0) is 40.8 Å². The van der Waals surface area contributed by atoms with E-state index in [2.05, 4.69) is 9.47 Å². The van der Waals surface area contributed by atoms with E-state index in [1.54, 1.807) is 40.3 Å². The molecule has 0 rings (SSSR count). The third kappa shape index (κ3) is 183. The fraction of sp³-hybridized carbons (Fsp3) is 0.857. The van der Waals surface area contributed by atoms with Crippen LogP contribution in [0.25, 0.3) is 0 Å². The van der Waals surface area contributed by atoms with Gasteiger partial charge in [0.05, 0.1) is 0 Å². The van der Waals surface area contributed by atoms with Gasteiger partial charge >= 0.3 is 21.7 Å². The molecule has 0 aliphatic rings. The molecule has 21 heavy (non-hydrogen) atoms. The third-order valence-corrected chi connectivity index (χ3v) is 0.730. The van der Waals surface area contributed by atoms with Gasteiger partial charge in [-0.2, -0.15) is 0 Å². The molecule has 0 radical (unpaired) electrons. The number of aliphatic hydroxyl groups is 2. The van der Waals surface area contributed by atoms with Crippen LogP contribution in [0.15, 0.2) is 0 Å². The van der Waals surface area contributed by atoms with E-state index in [0.717, 1.165) is 0 Å². The van der Waals surface area contributed by atoms with Crippen LogP contribution in [0.4, 0.5) is 0 Å². The summed E-state index contributed by atoms with van der Waals surface area (Å²) in [5.41, 5.74) is 0. The molecule has 0 amide bonds. The zero-order valence-corrected chi connectivity index (χ0v) is 15.6. The number of hydrogen-bond donors (Lipinski definition) is 2. The summed E-state index contributed by atoms with van der Waals surface area (Å²) in [5.74, 6) is 0. The van der Waals surface area contributed by atoms with Crippen molar-refractivity contribution < 1.29 is 51.0 Å². The van der Waals surface area contributed by atoms with Gasteiger partial charge in [-0.3, -0.25) is 0 Å². The minimum Gasteiger partial charge on any atom is -0.540 e. The van der Waals surface area contributed by atoms with Gasteiger partial charge in [0.1, 0.15) is 0 Å². The normalized spacial score (nSPS) is 8.10. The quantitative estimate of drug-likeness (QED) is 0.426. The molecule has 0 heterocycles. The molecule has 0 saturated heterocycles. The molecule has 0 aliphatic heterocycles. The van der Waals surface area contributed by atoms with E-state index >= 15 is 0 Å². The van der Waals surface area contributed by atoms with Crippen molar-refractivity contribution in [3.05, 3.63) is 0 Å². The van der Waals surface area contributed by atoms with Crippen LogP contribution in [0.3, 0.4) is 0 Å². The van der Waals surface area contributed by atoms with Crippen molar-refractivity contribution in [2.24, 2.45) is 0 Å². The van der Waals surface area contributed by atoms with Gasteiger partial charge in [0.25, 0.3) is 0 Å². The first-order valence-electron chi connectivity index (χ1n) is 6.51. The molecule has 2 N–H and O–H groups in total. The van der Waals surface area contributed by atoms with Crippen LogP contribution in [0, 0.1) is 0 Å². The van der Waals surface area contributed by atoms with Crippen LogP contribution in [0.5, 0.6) is 0 Å². The Labute approximate surface area is 144 Å². The van der Waals surface area contributed by atoms with E-state index in [9.17, 15) is 9.59 Å². The van der Waals surface area contributed by atoms with Crippen molar-refractivity contribution in [3.8, 4) is 0 Å². The van der Waals surface area contributed by atoms with Gasteiger partial charge in [0.15, 0.2) is 0 Å². The van der Waals surface area contributed by atoms with E-state index in [1.165, 1.54) is 0 Å². The predicted molar refractivity (Wildman–Crippen MR) is 79.1 cm³/mol. The van der Waals surface area contributed by atoms with Crippen LogP contribution in [0.2, 0.25) is 0 Å². The number of hydrogen-bond acceptors (Lipinski definition) is 6. The summed E-state index contributed by atoms with van der Waals surface area (Å²) < 4.78 is 9.12. The molecule has 0 unspecified atom stereocenters. The zero-order chi connectivity index (χ0) is 16.8. The van der Waals surface area contributed by atoms with E-state index in [-0.39, 0.29) is 47.1 Å². The molecule has 0 aromatic rings. The fourth-order valence-corrected chi connectivity index (χ4v) is 0.287. The molecule has 7 heteroatoms. The van der Waals surface area contributed by atoms with Crippen LogP contribution in [0.1, 0.15) is 41.5 Å².